The van der Waals surface area contributed by atoms with Crippen LogP contribution in [0.5, 0.6) is 5.75 Å². The lowest BCUT2D eigenvalue weighted by molar-refractivity contribution is -0.900. The number of quaternary nitrogens is 1. The Bertz CT molecular complexity index is 629. The molecular formula is C22H37N4O3+. The number of ether oxygens (including phenoxy) is 1. The van der Waals surface area contributed by atoms with Gasteiger partial charge in [0.05, 0.1) is 32.3 Å². The first-order valence-corrected chi connectivity index (χ1v) is 11.0. The highest BCUT2D eigenvalue weighted by atomic mass is 16.5. The Balaban J connectivity index is 1.72. The molecule has 1 aromatic rings. The van der Waals surface area contributed by atoms with Gasteiger partial charge in [0.2, 0.25) is 5.91 Å². The van der Waals surface area contributed by atoms with Gasteiger partial charge in [0.1, 0.15) is 5.75 Å². The van der Waals surface area contributed by atoms with Crippen molar-refractivity contribution >= 4 is 17.6 Å². The number of nitrogens with one attached hydrogen (secondary N) is 3. The Labute approximate surface area is 174 Å². The topological polar surface area (TPSA) is 75.1 Å². The number of rotatable bonds is 12. The zero-order chi connectivity index (χ0) is 21.1. The standard InChI is InChI=1S/C22H36N4O3/c1-4-13-25(14-5-2)15-7-12-23-22(28)24-18-16-21(27)26(17-18)19-8-10-20(11-9-19)29-6-3/h8-11,18H,4-7,12-17H2,1-3H3,(H2,23,24,28)/p+1/t18-/m0/s1. The molecule has 0 aliphatic carbocycles. The fraction of sp³-hybridized carbons (Fsp3) is 0.636. The molecule has 1 saturated heterocycles. The smallest absolute Gasteiger partial charge is 0.315 e. The average molecular weight is 406 g/mol. The molecule has 1 aliphatic heterocycles. The number of carbonyl (C=O) groups is 2. The van der Waals surface area contributed by atoms with Gasteiger partial charge < -0.3 is 25.2 Å². The van der Waals surface area contributed by atoms with Crippen LogP contribution in [-0.4, -0.2) is 57.3 Å². The van der Waals surface area contributed by atoms with Crippen LogP contribution in [0.25, 0.3) is 0 Å². The van der Waals surface area contributed by atoms with Gasteiger partial charge in [0, 0.05) is 31.6 Å². The summed E-state index contributed by atoms with van der Waals surface area (Å²) in [6.07, 6.45) is 3.66. The lowest BCUT2D eigenvalue weighted by Crippen LogP contribution is -3.12. The summed E-state index contributed by atoms with van der Waals surface area (Å²) in [5.74, 6) is 0.813. The van der Waals surface area contributed by atoms with Gasteiger partial charge in [-0.1, -0.05) is 13.8 Å². The van der Waals surface area contributed by atoms with Crippen molar-refractivity contribution in [2.45, 2.75) is 52.5 Å². The van der Waals surface area contributed by atoms with E-state index in [1.165, 1.54) is 25.9 Å². The molecule has 1 aromatic carbocycles. The van der Waals surface area contributed by atoms with E-state index < -0.39 is 0 Å². The lowest BCUT2D eigenvalue weighted by atomic mass is 10.2. The second kappa shape index (κ2) is 12.3. The third-order valence-electron chi connectivity index (χ3n) is 5.12. The first-order valence-electron chi connectivity index (χ1n) is 11.0. The van der Waals surface area contributed by atoms with Gasteiger partial charge in [-0.25, -0.2) is 4.79 Å². The number of hydrogen-bond donors (Lipinski definition) is 3. The molecule has 1 aliphatic rings. The minimum absolute atomic E-state index is 0.0258. The van der Waals surface area contributed by atoms with Crippen LogP contribution in [0.2, 0.25) is 0 Å². The fourth-order valence-electron chi connectivity index (χ4n) is 3.80. The van der Waals surface area contributed by atoms with Crippen molar-refractivity contribution in [3.05, 3.63) is 24.3 Å². The van der Waals surface area contributed by atoms with Gasteiger partial charge in [0.25, 0.3) is 0 Å². The predicted octanol–water partition coefficient (Wildman–Crippen LogP) is 1.58. The van der Waals surface area contributed by atoms with Gasteiger partial charge in [-0.15, -0.1) is 0 Å². The number of amides is 3. The van der Waals surface area contributed by atoms with Crippen molar-refractivity contribution in [3.63, 3.8) is 0 Å². The molecule has 0 bridgehead atoms. The van der Waals surface area contributed by atoms with Crippen LogP contribution >= 0.6 is 0 Å². The number of hydrogen-bond acceptors (Lipinski definition) is 3. The molecule has 0 spiro atoms. The number of urea groups is 1. The van der Waals surface area contributed by atoms with Crippen LogP contribution in [-0.2, 0) is 4.79 Å². The third-order valence-corrected chi connectivity index (χ3v) is 5.12. The van der Waals surface area contributed by atoms with Gasteiger partial charge in [0.15, 0.2) is 0 Å². The second-order valence-corrected chi connectivity index (χ2v) is 7.59. The Morgan fingerprint density at radius 3 is 2.45 bits per heavy atom. The molecule has 7 heteroatoms. The molecule has 2 rings (SSSR count). The molecule has 1 heterocycles. The SMILES string of the molecule is CCC[NH+](CCC)CCCNC(=O)N[C@H]1CC(=O)N(c2ccc(OCC)cc2)C1. The number of nitrogens with zero attached hydrogens (tertiary/aromatic N) is 1. The van der Waals surface area contributed by atoms with Crippen LogP contribution in [0.1, 0.15) is 46.5 Å². The summed E-state index contributed by atoms with van der Waals surface area (Å²) in [4.78, 5) is 27.9. The monoisotopic (exact) mass is 405 g/mol. The van der Waals surface area contributed by atoms with E-state index in [2.05, 4.69) is 24.5 Å². The molecule has 3 N–H and O–H groups in total. The summed E-state index contributed by atoms with van der Waals surface area (Å²) in [5, 5.41) is 5.87. The predicted molar refractivity (Wildman–Crippen MR) is 116 cm³/mol. The zero-order valence-electron chi connectivity index (χ0n) is 18.1. The van der Waals surface area contributed by atoms with Crippen molar-refractivity contribution in [3.8, 4) is 5.75 Å². The third kappa shape index (κ3) is 7.57. The lowest BCUT2D eigenvalue weighted by Gasteiger charge is -2.19. The molecule has 162 valence electrons. The molecule has 0 saturated carbocycles. The molecule has 29 heavy (non-hydrogen) atoms. The summed E-state index contributed by atoms with van der Waals surface area (Å²) < 4.78 is 5.44. The van der Waals surface area contributed by atoms with Crippen LogP contribution in [0.15, 0.2) is 24.3 Å². The van der Waals surface area contributed by atoms with E-state index in [4.69, 9.17) is 4.74 Å². The molecule has 0 unspecified atom stereocenters. The Kier molecular flexibility index (Phi) is 9.77. The highest BCUT2D eigenvalue weighted by molar-refractivity contribution is 5.96. The van der Waals surface area contributed by atoms with Gasteiger partial charge in [-0.05, 0) is 44.0 Å². The maximum Gasteiger partial charge on any atom is 0.315 e. The van der Waals surface area contributed by atoms with Crippen molar-refractivity contribution in [2.24, 2.45) is 0 Å². The maximum atomic E-state index is 12.4. The Morgan fingerprint density at radius 2 is 1.83 bits per heavy atom. The molecule has 7 nitrogen and oxygen atoms in total. The first kappa shape index (κ1) is 23.0. The van der Waals surface area contributed by atoms with E-state index in [0.717, 1.165) is 24.4 Å². The quantitative estimate of drug-likeness (QED) is 0.462. The molecular weight excluding hydrogens is 368 g/mol. The largest absolute Gasteiger partial charge is 0.494 e. The molecule has 1 fully saturated rings. The van der Waals surface area contributed by atoms with Crippen LogP contribution in [0.3, 0.4) is 0 Å². The summed E-state index contributed by atoms with van der Waals surface area (Å²) in [6, 6.07) is 7.13. The van der Waals surface area contributed by atoms with Crippen LogP contribution < -0.4 is 25.2 Å². The van der Waals surface area contributed by atoms with Crippen molar-refractivity contribution in [2.75, 3.05) is 44.2 Å². The fourth-order valence-corrected chi connectivity index (χ4v) is 3.80. The van der Waals surface area contributed by atoms with E-state index in [9.17, 15) is 9.59 Å². The Hall–Kier alpha value is -2.28. The highest BCUT2D eigenvalue weighted by Crippen LogP contribution is 2.24. The number of carbonyl (C=O) groups excluding carboxylic acids is 2. The van der Waals surface area contributed by atoms with E-state index in [1.54, 1.807) is 9.80 Å². The maximum absolute atomic E-state index is 12.4. The second-order valence-electron chi connectivity index (χ2n) is 7.59. The number of anilines is 1. The van der Waals surface area contributed by atoms with E-state index in [-0.39, 0.29) is 18.0 Å². The van der Waals surface area contributed by atoms with Gasteiger partial charge >= 0.3 is 6.03 Å². The first-order chi connectivity index (χ1) is 14.1. The minimum Gasteiger partial charge on any atom is -0.494 e. The van der Waals surface area contributed by atoms with Crippen molar-refractivity contribution < 1.29 is 19.2 Å². The van der Waals surface area contributed by atoms with Crippen LogP contribution in [0, 0.1) is 0 Å². The molecule has 3 amide bonds. The minimum atomic E-state index is -0.191. The van der Waals surface area contributed by atoms with E-state index in [0.29, 0.717) is 26.1 Å². The van der Waals surface area contributed by atoms with Gasteiger partial charge in [-0.2, -0.15) is 0 Å². The highest BCUT2D eigenvalue weighted by Gasteiger charge is 2.31. The summed E-state index contributed by atoms with van der Waals surface area (Å²) in [6.45, 7) is 11.6. The average Bonchev–Trinajstić information content (AvgIpc) is 3.06. The molecule has 0 aromatic heterocycles. The molecule has 1 atom stereocenters. The number of benzene rings is 1. The van der Waals surface area contributed by atoms with Gasteiger partial charge in [-0.3, -0.25) is 4.79 Å². The summed E-state index contributed by atoms with van der Waals surface area (Å²) in [7, 11) is 0. The van der Waals surface area contributed by atoms with E-state index in [1.807, 2.05) is 31.2 Å². The normalized spacial score (nSPS) is 16.3. The summed E-state index contributed by atoms with van der Waals surface area (Å²) in [5.41, 5.74) is 0.832. The molecule has 0 radical (unpaired) electrons. The zero-order valence-corrected chi connectivity index (χ0v) is 18.1. The van der Waals surface area contributed by atoms with Crippen molar-refractivity contribution in [1.29, 1.82) is 0 Å². The van der Waals surface area contributed by atoms with Crippen molar-refractivity contribution in [1.82, 2.24) is 10.6 Å². The Morgan fingerprint density at radius 1 is 1.14 bits per heavy atom. The van der Waals surface area contributed by atoms with Crippen LogP contribution in [0.4, 0.5) is 10.5 Å². The van der Waals surface area contributed by atoms with E-state index >= 15 is 0 Å². The summed E-state index contributed by atoms with van der Waals surface area (Å²) >= 11 is 0.